The minimum absolute atomic E-state index is 0.0470. The van der Waals surface area contributed by atoms with Crippen LogP contribution in [0.25, 0.3) is 0 Å². The first-order valence-corrected chi connectivity index (χ1v) is 7.88. The van der Waals surface area contributed by atoms with Crippen LogP contribution in [0.4, 0.5) is 0 Å². The van der Waals surface area contributed by atoms with Crippen LogP contribution in [-0.4, -0.2) is 53.3 Å². The van der Waals surface area contributed by atoms with Crippen molar-refractivity contribution in [3.63, 3.8) is 0 Å². The van der Waals surface area contributed by atoms with Gasteiger partial charge in [-0.15, -0.1) is 0 Å². The summed E-state index contributed by atoms with van der Waals surface area (Å²) in [4.78, 5) is 56.9. The molecule has 10 nitrogen and oxygen atoms in total. The molecule has 0 fully saturated rings. The zero-order valence-corrected chi connectivity index (χ0v) is 14.6. The van der Waals surface area contributed by atoms with Crippen LogP contribution in [0.2, 0.25) is 0 Å². The van der Waals surface area contributed by atoms with Crippen molar-refractivity contribution in [3.8, 4) is 0 Å². The topological polar surface area (TPSA) is 168 Å². The number of carbonyl (C=O) groups excluding carboxylic acids is 4. The monoisotopic (exact) mass is 358 g/mol. The molecule has 0 unspecified atom stereocenters. The Bertz CT molecular complexity index is 520. The van der Waals surface area contributed by atoms with Crippen molar-refractivity contribution in [1.29, 1.82) is 0 Å². The van der Waals surface area contributed by atoms with Gasteiger partial charge in [-0.25, -0.2) is 4.79 Å². The quantitative estimate of drug-likeness (QED) is 0.301. The molecule has 0 aliphatic rings. The van der Waals surface area contributed by atoms with Gasteiger partial charge in [0.25, 0.3) is 0 Å². The highest BCUT2D eigenvalue weighted by Gasteiger charge is 2.27. The molecular formula is C15H26N4O6. The van der Waals surface area contributed by atoms with E-state index in [0.29, 0.717) is 0 Å². The van der Waals surface area contributed by atoms with Gasteiger partial charge in [0.2, 0.25) is 23.6 Å². The number of carboxylic acids is 1. The van der Waals surface area contributed by atoms with Crippen molar-refractivity contribution in [3.05, 3.63) is 0 Å². The molecule has 0 aliphatic heterocycles. The van der Waals surface area contributed by atoms with E-state index < -0.39 is 41.7 Å². The number of primary amides is 1. The highest BCUT2D eigenvalue weighted by Crippen LogP contribution is 2.06. The lowest BCUT2D eigenvalue weighted by molar-refractivity contribution is -0.142. The van der Waals surface area contributed by atoms with Gasteiger partial charge in [0.05, 0.1) is 6.54 Å². The van der Waals surface area contributed by atoms with Gasteiger partial charge in [-0.2, -0.15) is 0 Å². The molecule has 0 radical (unpaired) electrons. The van der Waals surface area contributed by atoms with Gasteiger partial charge in [0, 0.05) is 13.3 Å². The standard InChI is InChI=1S/C15H26N4O6/c1-8(2)6-11(18-13(22)7-17-9(3)20)14(23)19-10(15(24)25)4-5-12(16)21/h8,10-11H,4-7H2,1-3H3,(H2,16,21)(H,17,20)(H,18,22)(H,19,23)(H,24,25)/t10-,11-/m0/s1. The lowest BCUT2D eigenvalue weighted by atomic mass is 10.0. The zero-order chi connectivity index (χ0) is 19.6. The van der Waals surface area contributed by atoms with Gasteiger partial charge in [-0.1, -0.05) is 13.8 Å². The van der Waals surface area contributed by atoms with Crippen LogP contribution < -0.4 is 21.7 Å². The molecule has 0 heterocycles. The lowest BCUT2D eigenvalue weighted by Crippen LogP contribution is -2.53. The molecule has 25 heavy (non-hydrogen) atoms. The maximum absolute atomic E-state index is 12.3. The Labute approximate surface area is 145 Å². The van der Waals surface area contributed by atoms with Crippen LogP contribution in [0.3, 0.4) is 0 Å². The lowest BCUT2D eigenvalue weighted by Gasteiger charge is -2.22. The summed E-state index contributed by atoms with van der Waals surface area (Å²) in [6, 6.07) is -2.25. The predicted molar refractivity (Wildman–Crippen MR) is 88.1 cm³/mol. The summed E-state index contributed by atoms with van der Waals surface area (Å²) in [6.07, 6.45) is -0.0641. The van der Waals surface area contributed by atoms with E-state index >= 15 is 0 Å². The molecule has 0 bridgehead atoms. The summed E-state index contributed by atoms with van der Waals surface area (Å²) in [5.74, 6) is -3.57. The smallest absolute Gasteiger partial charge is 0.326 e. The largest absolute Gasteiger partial charge is 0.480 e. The number of nitrogens with one attached hydrogen (secondary N) is 3. The van der Waals surface area contributed by atoms with Crippen LogP contribution in [-0.2, 0) is 24.0 Å². The van der Waals surface area contributed by atoms with Gasteiger partial charge in [0.1, 0.15) is 12.1 Å². The number of carbonyl (C=O) groups is 5. The molecule has 142 valence electrons. The summed E-state index contributed by atoms with van der Waals surface area (Å²) in [5.41, 5.74) is 4.98. The maximum Gasteiger partial charge on any atom is 0.326 e. The number of hydrogen-bond acceptors (Lipinski definition) is 5. The minimum Gasteiger partial charge on any atom is -0.480 e. The summed E-state index contributed by atoms with van der Waals surface area (Å²) in [7, 11) is 0. The molecule has 0 rings (SSSR count). The Kier molecular flexibility index (Phi) is 9.83. The number of amides is 4. The van der Waals surface area contributed by atoms with E-state index in [1.54, 1.807) is 0 Å². The molecule has 0 aliphatic carbocycles. The van der Waals surface area contributed by atoms with Crippen LogP contribution in [0.15, 0.2) is 0 Å². The van der Waals surface area contributed by atoms with Crippen molar-refractivity contribution in [1.82, 2.24) is 16.0 Å². The highest BCUT2D eigenvalue weighted by molar-refractivity contribution is 5.91. The number of hydrogen-bond donors (Lipinski definition) is 5. The Morgan fingerprint density at radius 3 is 2.08 bits per heavy atom. The third kappa shape index (κ3) is 10.7. The van der Waals surface area contributed by atoms with Gasteiger partial charge in [0.15, 0.2) is 0 Å². The number of rotatable bonds is 11. The van der Waals surface area contributed by atoms with Crippen molar-refractivity contribution in [2.45, 2.75) is 52.1 Å². The first-order valence-electron chi connectivity index (χ1n) is 7.88. The molecule has 4 amide bonds. The number of carboxylic acid groups (broad SMARTS) is 1. The molecular weight excluding hydrogens is 332 g/mol. The van der Waals surface area contributed by atoms with E-state index in [1.165, 1.54) is 6.92 Å². The van der Waals surface area contributed by atoms with Crippen LogP contribution in [0.1, 0.15) is 40.0 Å². The maximum atomic E-state index is 12.3. The molecule has 0 aromatic carbocycles. The van der Waals surface area contributed by atoms with E-state index in [2.05, 4.69) is 16.0 Å². The summed E-state index contributed by atoms with van der Waals surface area (Å²) >= 11 is 0. The van der Waals surface area contributed by atoms with Crippen molar-refractivity contribution in [2.75, 3.05) is 6.54 Å². The van der Waals surface area contributed by atoms with Crippen LogP contribution in [0, 0.1) is 5.92 Å². The Morgan fingerprint density at radius 2 is 1.64 bits per heavy atom. The number of aliphatic carboxylic acids is 1. The predicted octanol–water partition coefficient (Wildman–Crippen LogP) is -1.51. The van der Waals surface area contributed by atoms with Gasteiger partial charge in [-0.05, 0) is 18.8 Å². The fourth-order valence-corrected chi connectivity index (χ4v) is 1.97. The SMILES string of the molecule is CC(=O)NCC(=O)N[C@@H](CC(C)C)C(=O)N[C@@H](CCC(N)=O)C(=O)O. The van der Waals surface area contributed by atoms with Crippen molar-refractivity contribution in [2.24, 2.45) is 11.7 Å². The number of nitrogens with two attached hydrogens (primary N) is 1. The molecule has 10 heteroatoms. The van der Waals surface area contributed by atoms with Gasteiger partial charge >= 0.3 is 5.97 Å². The summed E-state index contributed by atoms with van der Waals surface area (Å²) in [5, 5.41) is 16.2. The second-order valence-corrected chi connectivity index (χ2v) is 6.06. The minimum atomic E-state index is -1.30. The Balaban J connectivity index is 4.89. The third-order valence-electron chi connectivity index (χ3n) is 3.15. The second-order valence-electron chi connectivity index (χ2n) is 6.06. The van der Waals surface area contributed by atoms with Crippen LogP contribution >= 0.6 is 0 Å². The second kappa shape index (κ2) is 11.0. The van der Waals surface area contributed by atoms with E-state index in [0.717, 1.165) is 0 Å². The zero-order valence-electron chi connectivity index (χ0n) is 14.6. The third-order valence-corrected chi connectivity index (χ3v) is 3.15. The summed E-state index contributed by atoms with van der Waals surface area (Å²) in [6.45, 7) is 4.63. The molecule has 0 spiro atoms. The fourth-order valence-electron chi connectivity index (χ4n) is 1.97. The van der Waals surface area contributed by atoms with E-state index in [4.69, 9.17) is 10.8 Å². The molecule has 0 saturated carbocycles. The molecule has 0 aromatic heterocycles. The average Bonchev–Trinajstić information content (AvgIpc) is 2.47. The van der Waals surface area contributed by atoms with Crippen molar-refractivity contribution >= 4 is 29.6 Å². The molecule has 6 N–H and O–H groups in total. The van der Waals surface area contributed by atoms with E-state index in [-0.39, 0.29) is 31.7 Å². The molecule has 2 atom stereocenters. The summed E-state index contributed by atoms with van der Waals surface area (Å²) < 4.78 is 0. The Morgan fingerprint density at radius 1 is 1.04 bits per heavy atom. The van der Waals surface area contributed by atoms with Gasteiger partial charge < -0.3 is 26.8 Å². The fraction of sp³-hybridized carbons (Fsp3) is 0.667. The average molecular weight is 358 g/mol. The van der Waals surface area contributed by atoms with E-state index in [9.17, 15) is 24.0 Å². The highest BCUT2D eigenvalue weighted by atomic mass is 16.4. The van der Waals surface area contributed by atoms with Crippen LogP contribution in [0.5, 0.6) is 0 Å². The molecule has 0 saturated heterocycles. The first-order chi connectivity index (χ1) is 11.5. The van der Waals surface area contributed by atoms with Gasteiger partial charge in [-0.3, -0.25) is 19.2 Å². The first kappa shape index (κ1) is 22.4. The van der Waals surface area contributed by atoms with Crippen molar-refractivity contribution < 1.29 is 29.1 Å². The Hall–Kier alpha value is -2.65. The molecule has 0 aromatic rings. The van der Waals surface area contributed by atoms with E-state index in [1.807, 2.05) is 13.8 Å². The normalized spacial score (nSPS) is 12.8.